The van der Waals surface area contributed by atoms with Crippen molar-refractivity contribution in [1.82, 2.24) is 14.8 Å². The van der Waals surface area contributed by atoms with Crippen LogP contribution in [0.25, 0.3) is 0 Å². The molecule has 4 rings (SSSR count). The zero-order valence-corrected chi connectivity index (χ0v) is 20.2. The summed E-state index contributed by atoms with van der Waals surface area (Å²) >= 11 is 0. The van der Waals surface area contributed by atoms with Crippen molar-refractivity contribution in [3.63, 3.8) is 0 Å². The molecule has 3 heterocycles. The molecule has 2 saturated heterocycles. The van der Waals surface area contributed by atoms with Crippen LogP contribution in [-0.4, -0.2) is 71.9 Å². The number of hydrogen-bond donors (Lipinski definition) is 0. The molecule has 2 aliphatic heterocycles. The number of likely N-dealkylation sites (N-methyl/N-ethyl adjacent to an activating group) is 1. The van der Waals surface area contributed by atoms with Crippen LogP contribution in [0.15, 0.2) is 30.5 Å². The average Bonchev–Trinajstić information content (AvgIpc) is 3.03. The Morgan fingerprint density at radius 3 is 2.35 bits per heavy atom. The molecule has 0 N–H and O–H groups in total. The van der Waals surface area contributed by atoms with E-state index in [1.165, 1.54) is 30.1 Å². The number of halogens is 1. The number of imide groups is 1. The van der Waals surface area contributed by atoms with Crippen molar-refractivity contribution in [2.45, 2.75) is 33.7 Å². The van der Waals surface area contributed by atoms with Crippen LogP contribution >= 0.6 is 0 Å². The molecule has 2 fully saturated rings. The molecule has 0 saturated carbocycles. The molecular weight excluding hydrogens is 437 g/mol. The van der Waals surface area contributed by atoms with E-state index in [1.54, 1.807) is 4.90 Å². The molecule has 2 aliphatic rings. The van der Waals surface area contributed by atoms with Gasteiger partial charge in [-0.1, -0.05) is 19.9 Å². The van der Waals surface area contributed by atoms with E-state index in [0.29, 0.717) is 26.2 Å². The van der Waals surface area contributed by atoms with Crippen LogP contribution in [0.5, 0.6) is 0 Å². The fraction of sp³-hybridized carbons (Fsp3) is 0.440. The second-order valence-corrected chi connectivity index (χ2v) is 9.34. The molecule has 1 aromatic heterocycles. The monoisotopic (exact) mass is 467 g/mol. The zero-order valence-electron chi connectivity index (χ0n) is 20.2. The summed E-state index contributed by atoms with van der Waals surface area (Å²) in [6, 6.07) is 4.98. The number of benzene rings is 1. The Morgan fingerprint density at radius 2 is 1.76 bits per heavy atom. The number of aromatic nitrogens is 1. The largest absolute Gasteiger partial charge is 0.353 e. The summed E-state index contributed by atoms with van der Waals surface area (Å²) in [5.41, 5.74) is 2.40. The van der Waals surface area contributed by atoms with E-state index in [0.717, 1.165) is 21.8 Å². The van der Waals surface area contributed by atoms with Crippen molar-refractivity contribution >= 4 is 29.4 Å². The van der Waals surface area contributed by atoms with Gasteiger partial charge in [-0.25, -0.2) is 14.2 Å². The molecule has 0 aliphatic carbocycles. The number of rotatable bonds is 4. The first-order valence-electron chi connectivity index (χ1n) is 11.5. The van der Waals surface area contributed by atoms with Crippen molar-refractivity contribution in [3.05, 3.63) is 53.0 Å². The fourth-order valence-corrected chi connectivity index (χ4v) is 4.70. The summed E-state index contributed by atoms with van der Waals surface area (Å²) in [6.45, 7) is 9.81. The summed E-state index contributed by atoms with van der Waals surface area (Å²) < 4.78 is 15.1. The molecule has 8 nitrogen and oxygen atoms in total. The number of aryl methyl sites for hydroxylation is 2. The fourth-order valence-electron chi connectivity index (χ4n) is 4.70. The number of carbonyl (C=O) groups is 3. The van der Waals surface area contributed by atoms with Gasteiger partial charge in [0.15, 0.2) is 0 Å². The number of urea groups is 1. The van der Waals surface area contributed by atoms with Crippen molar-refractivity contribution in [2.75, 3.05) is 43.0 Å². The summed E-state index contributed by atoms with van der Waals surface area (Å²) in [5, 5.41) is 0. The SMILES string of the molecule is Cc1cnc(N2CCN(C(=O)c3ccc(N4C(=O)N(C)C(=O)C4C(C)C)cc3F)CC2)c(C)c1. The second-order valence-electron chi connectivity index (χ2n) is 9.34. The summed E-state index contributed by atoms with van der Waals surface area (Å²) in [5.74, 6) is -0.662. The topological polar surface area (TPSA) is 77.1 Å². The average molecular weight is 468 g/mol. The predicted molar refractivity (Wildman–Crippen MR) is 127 cm³/mol. The van der Waals surface area contributed by atoms with Gasteiger partial charge in [0.05, 0.1) is 5.56 Å². The molecule has 1 aromatic carbocycles. The van der Waals surface area contributed by atoms with Crippen LogP contribution < -0.4 is 9.80 Å². The van der Waals surface area contributed by atoms with Gasteiger partial charge in [-0.3, -0.25) is 19.4 Å². The first-order chi connectivity index (χ1) is 16.1. The molecule has 9 heteroatoms. The minimum atomic E-state index is -0.710. The predicted octanol–water partition coefficient (Wildman–Crippen LogP) is 3.22. The minimum Gasteiger partial charge on any atom is -0.353 e. The van der Waals surface area contributed by atoms with Crippen LogP contribution in [0, 0.1) is 25.6 Å². The molecule has 2 aromatic rings. The summed E-state index contributed by atoms with van der Waals surface area (Å²) in [7, 11) is 1.42. The Kier molecular flexibility index (Phi) is 6.29. The Balaban J connectivity index is 1.49. The smallest absolute Gasteiger partial charge is 0.331 e. The quantitative estimate of drug-likeness (QED) is 0.646. The third-order valence-electron chi connectivity index (χ3n) is 6.50. The Hall–Kier alpha value is -3.49. The standard InChI is InChI=1S/C25H30FN5O3/c1-15(2)21-24(33)28(5)25(34)31(21)18-6-7-19(20(26)13-18)23(32)30-10-8-29(9-11-30)22-17(4)12-16(3)14-27-22/h6-7,12-15,21H,8-11H2,1-5H3. The first-order valence-corrected chi connectivity index (χ1v) is 11.5. The second kappa shape index (κ2) is 9.04. The highest BCUT2D eigenvalue weighted by molar-refractivity contribution is 6.14. The molecular formula is C25H30FN5O3. The molecule has 0 radical (unpaired) electrons. The maximum Gasteiger partial charge on any atom is 0.331 e. The highest BCUT2D eigenvalue weighted by Crippen LogP contribution is 2.30. The molecule has 34 heavy (non-hydrogen) atoms. The lowest BCUT2D eigenvalue weighted by atomic mass is 10.0. The van der Waals surface area contributed by atoms with Crippen LogP contribution in [-0.2, 0) is 4.79 Å². The maximum atomic E-state index is 15.1. The zero-order chi connectivity index (χ0) is 24.7. The van der Waals surface area contributed by atoms with E-state index < -0.39 is 23.8 Å². The van der Waals surface area contributed by atoms with Gasteiger partial charge in [0, 0.05) is 45.1 Å². The molecule has 1 atom stereocenters. The van der Waals surface area contributed by atoms with Gasteiger partial charge < -0.3 is 9.80 Å². The summed E-state index contributed by atoms with van der Waals surface area (Å²) in [6.07, 6.45) is 1.83. The lowest BCUT2D eigenvalue weighted by Gasteiger charge is -2.36. The lowest BCUT2D eigenvalue weighted by Crippen LogP contribution is -2.49. The van der Waals surface area contributed by atoms with Crippen molar-refractivity contribution in [3.8, 4) is 0 Å². The molecule has 180 valence electrons. The third-order valence-corrected chi connectivity index (χ3v) is 6.50. The van der Waals surface area contributed by atoms with Crippen LogP contribution in [0.4, 0.5) is 20.7 Å². The van der Waals surface area contributed by atoms with Gasteiger partial charge in [-0.05, 0) is 49.1 Å². The van der Waals surface area contributed by atoms with Gasteiger partial charge in [0.2, 0.25) is 0 Å². The van der Waals surface area contributed by atoms with Gasteiger partial charge in [-0.2, -0.15) is 0 Å². The maximum absolute atomic E-state index is 15.1. The van der Waals surface area contributed by atoms with E-state index in [2.05, 4.69) is 16.0 Å². The van der Waals surface area contributed by atoms with Gasteiger partial charge in [0.25, 0.3) is 11.8 Å². The van der Waals surface area contributed by atoms with Crippen LogP contribution in [0.2, 0.25) is 0 Å². The van der Waals surface area contributed by atoms with Crippen LogP contribution in [0.1, 0.15) is 35.3 Å². The number of pyridine rings is 1. The van der Waals surface area contributed by atoms with Crippen LogP contribution in [0.3, 0.4) is 0 Å². The van der Waals surface area contributed by atoms with Crippen molar-refractivity contribution in [1.29, 1.82) is 0 Å². The van der Waals surface area contributed by atoms with Crippen molar-refractivity contribution in [2.24, 2.45) is 5.92 Å². The normalized spacial score (nSPS) is 19.0. The van der Waals surface area contributed by atoms with Gasteiger partial charge in [-0.15, -0.1) is 0 Å². The lowest BCUT2D eigenvalue weighted by molar-refractivity contribution is -0.127. The van der Waals surface area contributed by atoms with E-state index in [4.69, 9.17) is 0 Å². The van der Waals surface area contributed by atoms with Gasteiger partial charge >= 0.3 is 6.03 Å². The Labute approximate surface area is 198 Å². The number of anilines is 2. The van der Waals surface area contributed by atoms with E-state index in [1.807, 2.05) is 33.9 Å². The summed E-state index contributed by atoms with van der Waals surface area (Å²) in [4.78, 5) is 48.8. The van der Waals surface area contributed by atoms with E-state index in [9.17, 15) is 14.4 Å². The first kappa shape index (κ1) is 23.7. The Bertz CT molecular complexity index is 1140. The highest BCUT2D eigenvalue weighted by Gasteiger charge is 2.45. The number of nitrogens with zero attached hydrogens (tertiary/aromatic N) is 5. The highest BCUT2D eigenvalue weighted by atomic mass is 19.1. The van der Waals surface area contributed by atoms with Crippen molar-refractivity contribution < 1.29 is 18.8 Å². The number of piperazine rings is 1. The minimum absolute atomic E-state index is 0.0470. The Morgan fingerprint density at radius 1 is 1.09 bits per heavy atom. The number of carbonyl (C=O) groups excluding carboxylic acids is 3. The molecule has 1 unspecified atom stereocenters. The third kappa shape index (κ3) is 4.10. The number of hydrogen-bond acceptors (Lipinski definition) is 5. The molecule has 0 bridgehead atoms. The van der Waals surface area contributed by atoms with E-state index >= 15 is 4.39 Å². The number of amides is 4. The molecule has 4 amide bonds. The van der Waals surface area contributed by atoms with E-state index in [-0.39, 0.29) is 23.1 Å². The van der Waals surface area contributed by atoms with Gasteiger partial charge in [0.1, 0.15) is 17.7 Å². The molecule has 0 spiro atoms.